The van der Waals surface area contributed by atoms with Gasteiger partial charge in [-0.2, -0.15) is 0 Å². The number of aromatic carboxylic acids is 1. The summed E-state index contributed by atoms with van der Waals surface area (Å²) in [7, 11) is 0. The molecule has 0 amide bonds. The van der Waals surface area contributed by atoms with Crippen molar-refractivity contribution < 1.29 is 105 Å². The Morgan fingerprint density at radius 2 is 0.444 bits per heavy atom. The Morgan fingerprint density at radius 3 is 0.641 bits per heavy atom. The Morgan fingerprint density at radius 1 is 0.256 bits per heavy atom. The third-order valence-corrected chi connectivity index (χ3v) is 16.1. The highest BCUT2D eigenvalue weighted by molar-refractivity contribution is 5.88. The van der Waals surface area contributed by atoms with Crippen LogP contribution in [-0.4, -0.2) is 249 Å². The largest absolute Gasteiger partial charge is 0.491 e. The van der Waals surface area contributed by atoms with Crippen molar-refractivity contribution in [3.63, 3.8) is 0 Å². The van der Waals surface area contributed by atoms with Crippen LogP contribution in [0, 0.1) is 47.4 Å². The molecule has 0 aliphatic carbocycles. The molecule has 0 aliphatic rings. The molecule has 117 heavy (non-hydrogen) atoms. The predicted molar refractivity (Wildman–Crippen MR) is 431 cm³/mol. The average molecular weight is 1610 g/mol. The summed E-state index contributed by atoms with van der Waals surface area (Å²) in [5.41, 5.74) is 8.04. The van der Waals surface area contributed by atoms with Gasteiger partial charge in [0.25, 0.3) is 0 Å². The molecule has 0 aliphatic heterocycles. The van der Waals surface area contributed by atoms with Crippen LogP contribution in [-0.2, 0) is 83.1 Å². The molecule has 0 unspecified atom stereocenters. The van der Waals surface area contributed by atoms with E-state index in [2.05, 4.69) is 68.0 Å². The van der Waals surface area contributed by atoms with Crippen molar-refractivity contribution >= 4 is 5.97 Å². The van der Waals surface area contributed by atoms with Crippen LogP contribution in [0.3, 0.4) is 0 Å². The first-order valence-corrected chi connectivity index (χ1v) is 38.5. The molecule has 7 aromatic carbocycles. The third-order valence-electron chi connectivity index (χ3n) is 16.1. The zero-order valence-corrected chi connectivity index (χ0v) is 65.6. The van der Waals surface area contributed by atoms with Crippen LogP contribution in [0.1, 0.15) is 66.3 Å². The van der Waals surface area contributed by atoms with Gasteiger partial charge < -0.3 is 101 Å². The molecule has 2 heterocycles. The number of carboxylic acids is 1. The van der Waals surface area contributed by atoms with Crippen molar-refractivity contribution in [2.45, 2.75) is 26.3 Å². The van der Waals surface area contributed by atoms with Gasteiger partial charge >= 0.3 is 5.97 Å². The van der Waals surface area contributed by atoms with Gasteiger partial charge in [0, 0.05) is 50.6 Å². The number of rotatable bonds is 57. The van der Waals surface area contributed by atoms with Crippen molar-refractivity contribution in [1.29, 1.82) is 0 Å². The number of aromatic nitrogens is 6. The van der Waals surface area contributed by atoms with E-state index in [9.17, 15) is 9.90 Å². The second kappa shape index (κ2) is 56.1. The van der Waals surface area contributed by atoms with E-state index in [0.29, 0.717) is 219 Å². The van der Waals surface area contributed by atoms with Crippen LogP contribution >= 0.6 is 0 Å². The zero-order valence-electron chi connectivity index (χ0n) is 65.6. The van der Waals surface area contributed by atoms with Gasteiger partial charge in [0.1, 0.15) is 85.5 Å². The fraction of sp³-hybridized carbons (Fsp3) is 0.382. The molecule has 0 fully saturated rings. The number of ether oxygens (including phenoxy) is 18. The van der Waals surface area contributed by atoms with E-state index in [1.165, 1.54) is 12.1 Å². The molecule has 28 heteroatoms. The fourth-order valence-electron chi connectivity index (χ4n) is 10.1. The van der Waals surface area contributed by atoms with Gasteiger partial charge in [-0.3, -0.25) is 0 Å². The molecular formula is C89H100N6O22. The summed E-state index contributed by atoms with van der Waals surface area (Å²) in [6, 6.07) is 50.5. The molecule has 9 rings (SSSR count). The molecule has 9 aromatic rings. The van der Waals surface area contributed by atoms with Gasteiger partial charge in [-0.1, -0.05) is 57.8 Å². The SMILES string of the molecule is O=C(O)c1cc(OCCOCCOCCOCCOc2ccc(C#Cc3ccc(C#Cc4ccc(OCCOCCOCCOCCn5cc(CO)nn5)cc4)cc3)cc2)cc(OCCOCCOCCOCCOc2ccc(C#Cc3ccc(C#Cc4ccc(OCCOCCOCCOCCn5cc(CO)nn5)cc4)cc3)cc2)c1. The summed E-state index contributed by atoms with van der Waals surface area (Å²) in [6.07, 6.45) is 3.37. The summed E-state index contributed by atoms with van der Waals surface area (Å²) >= 11 is 0. The smallest absolute Gasteiger partial charge is 0.335 e. The number of carbonyl (C=O) groups is 1. The minimum Gasteiger partial charge on any atom is -0.491 e. The number of carboxylic acid groups (broad SMARTS) is 1. The van der Waals surface area contributed by atoms with Crippen LogP contribution < -0.4 is 28.4 Å². The normalized spacial score (nSPS) is 10.8. The van der Waals surface area contributed by atoms with Crippen molar-refractivity contribution in [2.24, 2.45) is 0 Å². The molecule has 0 spiro atoms. The van der Waals surface area contributed by atoms with Crippen LogP contribution in [0.4, 0.5) is 0 Å². The summed E-state index contributed by atoms with van der Waals surface area (Å²) in [5, 5.41) is 43.3. The maximum Gasteiger partial charge on any atom is 0.335 e. The van der Waals surface area contributed by atoms with E-state index >= 15 is 0 Å². The third kappa shape index (κ3) is 38.8. The van der Waals surface area contributed by atoms with E-state index < -0.39 is 5.97 Å². The Labute approximate surface area is 682 Å². The van der Waals surface area contributed by atoms with Crippen molar-refractivity contribution in [3.05, 3.63) is 238 Å². The topological polar surface area (TPSA) is 305 Å². The highest BCUT2D eigenvalue weighted by Gasteiger charge is 2.11. The van der Waals surface area contributed by atoms with Gasteiger partial charge in [0.15, 0.2) is 0 Å². The van der Waals surface area contributed by atoms with E-state index in [1.807, 2.05) is 146 Å². The van der Waals surface area contributed by atoms with E-state index in [0.717, 1.165) is 56.0 Å². The number of benzene rings is 7. The highest BCUT2D eigenvalue weighted by atomic mass is 16.6. The summed E-state index contributed by atoms with van der Waals surface area (Å²) in [5.74, 6) is 28.1. The van der Waals surface area contributed by atoms with Gasteiger partial charge in [-0.05, 0) is 158 Å². The van der Waals surface area contributed by atoms with E-state index in [1.54, 1.807) is 27.8 Å². The maximum atomic E-state index is 11.9. The van der Waals surface area contributed by atoms with Crippen molar-refractivity contribution in [3.8, 4) is 81.9 Å². The van der Waals surface area contributed by atoms with Crippen LogP contribution in [0.2, 0.25) is 0 Å². The van der Waals surface area contributed by atoms with Crippen LogP contribution in [0.15, 0.2) is 176 Å². The van der Waals surface area contributed by atoms with E-state index in [-0.39, 0.29) is 45.2 Å². The molecule has 2 aromatic heterocycles. The number of aliphatic hydroxyl groups is 2. The minimum absolute atomic E-state index is 0.0263. The lowest BCUT2D eigenvalue weighted by Gasteiger charge is -2.12. The summed E-state index contributed by atoms with van der Waals surface area (Å²) < 4.78 is 105. The Bertz CT molecular complexity index is 4230. The second-order valence-electron chi connectivity index (χ2n) is 25.0. The molecule has 0 saturated heterocycles. The molecule has 0 radical (unpaired) electrons. The molecular weight excluding hydrogens is 1500 g/mol. The lowest BCUT2D eigenvalue weighted by molar-refractivity contribution is 0.00465. The predicted octanol–water partition coefficient (Wildman–Crippen LogP) is 8.42. The number of nitrogens with zero attached hydrogens (tertiary/aromatic N) is 6. The van der Waals surface area contributed by atoms with Crippen LogP contribution in [0.5, 0.6) is 34.5 Å². The van der Waals surface area contributed by atoms with Gasteiger partial charge in [0.2, 0.25) is 0 Å². The number of hydrogen-bond donors (Lipinski definition) is 3. The highest BCUT2D eigenvalue weighted by Crippen LogP contribution is 2.24. The van der Waals surface area contributed by atoms with Crippen molar-refractivity contribution in [2.75, 3.05) is 198 Å². The Kier molecular flexibility index (Phi) is 43.0. The lowest BCUT2D eigenvalue weighted by atomic mass is 10.1. The monoisotopic (exact) mass is 1600 g/mol. The fourth-order valence-corrected chi connectivity index (χ4v) is 10.1. The first-order chi connectivity index (χ1) is 57.8. The standard InChI is InChI=1S/C89H100N6O22/c96-70-81-68-94(92-90-81)33-35-100-37-39-102-41-47-106-53-59-112-83-25-17-76(18-26-83)13-9-72-1-5-74(6-2-72)11-15-78-21-29-85(30-22-78)114-61-55-108-49-43-104-45-51-110-57-63-116-87-65-80(89(98)99)66-88(67-87)117-64-58-111-52-46-105-44-50-109-56-62-115-86-31-23-79(24-32-86)16-12-75-7-3-73(4-8-75)10-14-77-19-27-84(28-20-77)113-60-54-107-48-42-103-40-38-101-36-34-95-69-82(71-97)91-93-95/h1-8,17-32,65-69,96-97H,33-64,70-71H2,(H,98,99). The number of aliphatic hydroxyl groups excluding tert-OH is 2. The summed E-state index contributed by atoms with van der Waals surface area (Å²) in [6.45, 7) is 12.6. The molecule has 0 atom stereocenters. The molecule has 0 saturated carbocycles. The number of hydrogen-bond acceptors (Lipinski definition) is 25. The van der Waals surface area contributed by atoms with Crippen molar-refractivity contribution in [1.82, 2.24) is 30.0 Å². The van der Waals surface area contributed by atoms with E-state index in [4.69, 9.17) is 95.5 Å². The Balaban J connectivity index is 0.506. The Hall–Kier alpha value is -11.2. The molecule has 0 bridgehead atoms. The van der Waals surface area contributed by atoms with Gasteiger partial charge in [-0.15, -0.1) is 10.2 Å². The summed E-state index contributed by atoms with van der Waals surface area (Å²) in [4.78, 5) is 11.9. The van der Waals surface area contributed by atoms with Crippen LogP contribution in [0.25, 0.3) is 0 Å². The second-order valence-corrected chi connectivity index (χ2v) is 25.0. The first-order valence-electron chi connectivity index (χ1n) is 38.5. The minimum atomic E-state index is -1.11. The van der Waals surface area contributed by atoms with Gasteiger partial charge in [-0.25, -0.2) is 14.2 Å². The first kappa shape index (κ1) is 89.7. The lowest BCUT2D eigenvalue weighted by Crippen LogP contribution is -2.14. The molecule has 618 valence electrons. The quantitative estimate of drug-likeness (QED) is 0.0238. The maximum absolute atomic E-state index is 11.9. The molecule has 3 N–H and O–H groups in total. The molecule has 28 nitrogen and oxygen atoms in total. The van der Waals surface area contributed by atoms with Gasteiger partial charge in [0.05, 0.1) is 203 Å². The average Bonchev–Trinajstić information content (AvgIpc) is 1.84. The zero-order chi connectivity index (χ0) is 81.3.